The fourth-order valence-corrected chi connectivity index (χ4v) is 2.92. The van der Waals surface area contributed by atoms with E-state index in [1.807, 2.05) is 0 Å². The highest BCUT2D eigenvalue weighted by Gasteiger charge is 2.40. The molecular weight excluding hydrogens is 346 g/mol. The molecule has 0 fully saturated rings. The summed E-state index contributed by atoms with van der Waals surface area (Å²) in [4.78, 5) is 42.7. The maximum atomic E-state index is 12.6. The van der Waals surface area contributed by atoms with Crippen LogP contribution in [0.1, 0.15) is 27.6 Å². The fourth-order valence-electron chi connectivity index (χ4n) is 2.92. The number of benzene rings is 1. The Morgan fingerprint density at radius 1 is 1.04 bits per heavy atom. The van der Waals surface area contributed by atoms with E-state index in [2.05, 4.69) is 15.4 Å². The molecule has 4 rings (SSSR count). The lowest BCUT2D eigenvalue weighted by Crippen LogP contribution is -2.45. The molecule has 1 aromatic carbocycles. The van der Waals surface area contributed by atoms with Gasteiger partial charge in [-0.1, -0.05) is 12.1 Å². The third-order valence-electron chi connectivity index (χ3n) is 4.35. The molecule has 0 radical (unpaired) electrons. The monoisotopic (exact) mass is 361 g/mol. The average molecular weight is 361 g/mol. The van der Waals surface area contributed by atoms with Gasteiger partial charge in [0.05, 0.1) is 23.0 Å². The number of pyridine rings is 1. The van der Waals surface area contributed by atoms with Crippen molar-refractivity contribution in [1.82, 2.24) is 19.7 Å². The second kappa shape index (κ2) is 6.49. The number of amides is 3. The lowest BCUT2D eigenvalue weighted by molar-refractivity contribution is -0.119. The van der Waals surface area contributed by atoms with Crippen LogP contribution in [0.25, 0.3) is 5.82 Å². The molecule has 3 heterocycles. The van der Waals surface area contributed by atoms with Gasteiger partial charge in [0, 0.05) is 12.4 Å². The Morgan fingerprint density at radius 2 is 1.74 bits per heavy atom. The second-order valence-corrected chi connectivity index (χ2v) is 6.05. The third-order valence-corrected chi connectivity index (χ3v) is 4.35. The van der Waals surface area contributed by atoms with Gasteiger partial charge in [0.15, 0.2) is 5.82 Å². The number of fused-ring (bicyclic) bond motifs is 1. The van der Waals surface area contributed by atoms with Gasteiger partial charge < -0.3 is 5.32 Å². The van der Waals surface area contributed by atoms with E-state index in [4.69, 9.17) is 0 Å². The molecule has 0 unspecified atom stereocenters. The summed E-state index contributed by atoms with van der Waals surface area (Å²) < 4.78 is 1.59. The van der Waals surface area contributed by atoms with Crippen LogP contribution in [-0.4, -0.2) is 43.4 Å². The lowest BCUT2D eigenvalue weighted by Gasteiger charge is -2.21. The van der Waals surface area contributed by atoms with Crippen LogP contribution in [0.15, 0.2) is 61.1 Å². The van der Waals surface area contributed by atoms with Crippen molar-refractivity contribution in [3.8, 4) is 5.82 Å². The summed E-state index contributed by atoms with van der Waals surface area (Å²) in [5, 5.41) is 6.76. The standard InChI is InChI=1S/C19H15N5O3/c1-12(24-18(26)14-5-2-3-6-15(14)19(24)27)17(25)22-13-7-8-16(20-11-13)23-10-4-9-21-23/h2-12H,1H3,(H,22,25)/t12-/m1/s1. The van der Waals surface area contributed by atoms with Gasteiger partial charge in [-0.05, 0) is 37.3 Å². The number of hydrogen-bond acceptors (Lipinski definition) is 5. The largest absolute Gasteiger partial charge is 0.323 e. The molecule has 8 heteroatoms. The Labute approximate surface area is 154 Å². The zero-order valence-corrected chi connectivity index (χ0v) is 14.4. The van der Waals surface area contributed by atoms with E-state index in [0.29, 0.717) is 22.6 Å². The average Bonchev–Trinajstić information content (AvgIpc) is 3.30. The van der Waals surface area contributed by atoms with E-state index in [1.165, 1.54) is 13.1 Å². The first kappa shape index (κ1) is 16.6. The zero-order chi connectivity index (χ0) is 19.0. The number of imide groups is 1. The summed E-state index contributed by atoms with van der Waals surface area (Å²) >= 11 is 0. The molecule has 0 saturated heterocycles. The number of nitrogens with zero attached hydrogens (tertiary/aromatic N) is 4. The van der Waals surface area contributed by atoms with Crippen LogP contribution >= 0.6 is 0 Å². The Kier molecular flexibility index (Phi) is 4.00. The van der Waals surface area contributed by atoms with Crippen molar-refractivity contribution < 1.29 is 14.4 Å². The summed E-state index contributed by atoms with van der Waals surface area (Å²) in [6, 6.07) is 10.7. The van der Waals surface area contributed by atoms with Crippen LogP contribution in [0.5, 0.6) is 0 Å². The first-order valence-electron chi connectivity index (χ1n) is 8.30. The van der Waals surface area contributed by atoms with Gasteiger partial charge in [-0.25, -0.2) is 9.67 Å². The number of hydrogen-bond donors (Lipinski definition) is 1. The topological polar surface area (TPSA) is 97.2 Å². The smallest absolute Gasteiger partial charge is 0.262 e. The van der Waals surface area contributed by atoms with Crippen molar-refractivity contribution in [3.05, 3.63) is 72.2 Å². The maximum absolute atomic E-state index is 12.6. The molecule has 1 aliphatic heterocycles. The molecule has 27 heavy (non-hydrogen) atoms. The van der Waals surface area contributed by atoms with Crippen molar-refractivity contribution in [2.75, 3.05) is 5.32 Å². The van der Waals surface area contributed by atoms with E-state index in [1.54, 1.807) is 59.5 Å². The van der Waals surface area contributed by atoms with Gasteiger partial charge in [-0.15, -0.1) is 0 Å². The summed E-state index contributed by atoms with van der Waals surface area (Å²) in [7, 11) is 0. The summed E-state index contributed by atoms with van der Waals surface area (Å²) in [5.41, 5.74) is 1.08. The normalized spacial score (nSPS) is 14.2. The van der Waals surface area contributed by atoms with Crippen molar-refractivity contribution in [1.29, 1.82) is 0 Å². The predicted molar refractivity (Wildman–Crippen MR) is 96.4 cm³/mol. The molecule has 3 aromatic rings. The van der Waals surface area contributed by atoms with E-state index >= 15 is 0 Å². The molecule has 134 valence electrons. The van der Waals surface area contributed by atoms with Crippen LogP contribution in [0.4, 0.5) is 5.69 Å². The number of nitrogens with one attached hydrogen (secondary N) is 1. The van der Waals surface area contributed by atoms with Crippen molar-refractivity contribution in [3.63, 3.8) is 0 Å². The highest BCUT2D eigenvalue weighted by atomic mass is 16.2. The van der Waals surface area contributed by atoms with Gasteiger partial charge in [-0.3, -0.25) is 19.3 Å². The molecule has 0 bridgehead atoms. The summed E-state index contributed by atoms with van der Waals surface area (Å²) in [5.74, 6) is -0.805. The maximum Gasteiger partial charge on any atom is 0.262 e. The van der Waals surface area contributed by atoms with Crippen LogP contribution < -0.4 is 5.32 Å². The minimum Gasteiger partial charge on any atom is -0.323 e. The van der Waals surface area contributed by atoms with E-state index in [0.717, 1.165) is 4.90 Å². The molecule has 1 N–H and O–H groups in total. The molecular formula is C19H15N5O3. The SMILES string of the molecule is C[C@H](C(=O)Nc1ccc(-n2cccn2)nc1)N1C(=O)c2ccccc2C1=O. The number of anilines is 1. The molecule has 0 saturated carbocycles. The predicted octanol–water partition coefficient (Wildman–Crippen LogP) is 1.89. The first-order valence-corrected chi connectivity index (χ1v) is 8.30. The lowest BCUT2D eigenvalue weighted by atomic mass is 10.1. The molecule has 1 atom stereocenters. The highest BCUT2D eigenvalue weighted by Crippen LogP contribution is 2.25. The van der Waals surface area contributed by atoms with Gasteiger partial charge in [0.2, 0.25) is 5.91 Å². The van der Waals surface area contributed by atoms with E-state index in [-0.39, 0.29) is 0 Å². The third kappa shape index (κ3) is 2.86. The fraction of sp³-hybridized carbons (Fsp3) is 0.105. The van der Waals surface area contributed by atoms with Crippen LogP contribution in [0, 0.1) is 0 Å². The Hall–Kier alpha value is -3.81. The van der Waals surface area contributed by atoms with Crippen LogP contribution in [0.2, 0.25) is 0 Å². The number of carbonyl (C=O) groups excluding carboxylic acids is 3. The quantitative estimate of drug-likeness (QED) is 0.716. The first-order chi connectivity index (χ1) is 13.1. The van der Waals surface area contributed by atoms with Gasteiger partial charge >= 0.3 is 0 Å². The van der Waals surface area contributed by atoms with Gasteiger partial charge in [-0.2, -0.15) is 5.10 Å². The van der Waals surface area contributed by atoms with E-state index < -0.39 is 23.8 Å². The van der Waals surface area contributed by atoms with Gasteiger partial charge in [0.25, 0.3) is 11.8 Å². The molecule has 0 aliphatic carbocycles. The van der Waals surface area contributed by atoms with Crippen molar-refractivity contribution in [2.24, 2.45) is 0 Å². The number of rotatable bonds is 4. The number of carbonyl (C=O) groups is 3. The highest BCUT2D eigenvalue weighted by molar-refractivity contribution is 6.23. The second-order valence-electron chi connectivity index (χ2n) is 6.05. The number of aromatic nitrogens is 3. The molecule has 2 aromatic heterocycles. The minimum absolute atomic E-state index is 0.312. The zero-order valence-electron chi connectivity index (χ0n) is 14.4. The van der Waals surface area contributed by atoms with Crippen molar-refractivity contribution >= 4 is 23.4 Å². The summed E-state index contributed by atoms with van der Waals surface area (Å²) in [6.45, 7) is 1.52. The summed E-state index contributed by atoms with van der Waals surface area (Å²) in [6.07, 6.45) is 4.88. The van der Waals surface area contributed by atoms with Crippen LogP contribution in [0.3, 0.4) is 0 Å². The molecule has 3 amide bonds. The minimum atomic E-state index is -0.955. The van der Waals surface area contributed by atoms with Crippen molar-refractivity contribution in [2.45, 2.75) is 13.0 Å². The molecule has 1 aliphatic rings. The van der Waals surface area contributed by atoms with E-state index in [9.17, 15) is 14.4 Å². The molecule has 8 nitrogen and oxygen atoms in total. The van der Waals surface area contributed by atoms with Crippen LogP contribution in [-0.2, 0) is 4.79 Å². The Bertz CT molecular complexity index is 993. The Balaban J connectivity index is 1.49. The Morgan fingerprint density at radius 3 is 2.30 bits per heavy atom. The molecule has 0 spiro atoms. The van der Waals surface area contributed by atoms with Gasteiger partial charge in [0.1, 0.15) is 6.04 Å².